The number of hydrogen-bond donors (Lipinski definition) is 1. The van der Waals surface area contributed by atoms with Crippen molar-refractivity contribution in [3.8, 4) is 0 Å². The maximum Gasteiger partial charge on any atom is 0.248 e. The number of likely N-dealkylation sites (N-methyl/N-ethyl adjacent to an activating group) is 1. The number of fused-ring (bicyclic) bond motifs is 1. The minimum absolute atomic E-state index is 0.0632. The van der Waals surface area contributed by atoms with E-state index in [1.54, 1.807) is 29.0 Å². The fourth-order valence-electron chi connectivity index (χ4n) is 8.47. The highest BCUT2D eigenvalue weighted by Gasteiger charge is 2.79. The van der Waals surface area contributed by atoms with E-state index in [0.29, 0.717) is 38.8 Å². The highest BCUT2D eigenvalue weighted by Crippen LogP contribution is 2.65. The van der Waals surface area contributed by atoms with Gasteiger partial charge in [-0.05, 0) is 44.1 Å². The number of rotatable bonds is 12. The predicted molar refractivity (Wildman–Crippen MR) is 161 cm³/mol. The largest absolute Gasteiger partial charge is 0.394 e. The molecule has 1 saturated carbocycles. The van der Waals surface area contributed by atoms with Crippen LogP contribution >= 0.6 is 0 Å². The summed E-state index contributed by atoms with van der Waals surface area (Å²) < 4.78 is 6.99. The average Bonchev–Trinajstić information content (AvgIpc) is 3.62. The fraction of sp³-hybridized carbons (Fsp3) is 0.618. The number of aliphatic hydroxyl groups is 1. The molecule has 4 aliphatic rings. The van der Waals surface area contributed by atoms with Gasteiger partial charge in [-0.2, -0.15) is 0 Å². The van der Waals surface area contributed by atoms with Crippen molar-refractivity contribution in [1.82, 2.24) is 14.7 Å². The Hall–Kier alpha value is -2.97. The number of likely N-dealkylation sites (tertiary alicyclic amines) is 1. The van der Waals surface area contributed by atoms with Crippen molar-refractivity contribution in [2.24, 2.45) is 11.8 Å². The molecular weight excluding hydrogens is 530 g/mol. The lowest BCUT2D eigenvalue weighted by Gasteiger charge is -2.42. The topological polar surface area (TPSA) is 90.4 Å². The molecule has 3 saturated heterocycles. The summed E-state index contributed by atoms with van der Waals surface area (Å²) in [5, 5.41) is 10.8. The van der Waals surface area contributed by atoms with Gasteiger partial charge in [0.15, 0.2) is 0 Å². The maximum atomic E-state index is 14.9. The first-order valence-electron chi connectivity index (χ1n) is 15.7. The van der Waals surface area contributed by atoms with Crippen LogP contribution in [0.5, 0.6) is 0 Å². The molecular formula is C34H47N3O5. The predicted octanol–water partition coefficient (Wildman–Crippen LogP) is 3.74. The molecule has 8 heteroatoms. The molecule has 8 nitrogen and oxygen atoms in total. The number of benzene rings is 1. The minimum Gasteiger partial charge on any atom is -0.394 e. The summed E-state index contributed by atoms with van der Waals surface area (Å²) in [5.41, 5.74) is -0.967. The summed E-state index contributed by atoms with van der Waals surface area (Å²) in [6, 6.07) is 8.24. The lowest BCUT2D eigenvalue weighted by Crippen LogP contribution is -2.60. The number of amides is 3. The van der Waals surface area contributed by atoms with Crippen LogP contribution in [0.4, 0.5) is 0 Å². The fourth-order valence-corrected chi connectivity index (χ4v) is 8.47. The Kier molecular flexibility index (Phi) is 8.95. The van der Waals surface area contributed by atoms with E-state index < -0.39 is 35.1 Å². The van der Waals surface area contributed by atoms with Gasteiger partial charge in [-0.25, -0.2) is 0 Å². The van der Waals surface area contributed by atoms with Gasteiger partial charge in [-0.3, -0.25) is 14.4 Å². The second-order valence-corrected chi connectivity index (χ2v) is 12.7. The van der Waals surface area contributed by atoms with Crippen LogP contribution in [0.25, 0.3) is 0 Å². The standard InChI is InChI=1S/C34H47N3O5/c1-5-20-35(4)30(39)27-28-31(40)37(26(23-38)22-24-14-10-8-11-15-24)29(34(28)19-18-33(27,7-3)42-34)32(41)36(21-6-2)25-16-12-9-13-17-25/h5-6,8,10-11,14-15,25-29,38H,1-2,7,9,12-13,16-23H2,3-4H3/t26-,27-,28+,29?,33+,34?/m1/s1. The summed E-state index contributed by atoms with van der Waals surface area (Å²) in [7, 11) is 1.73. The summed E-state index contributed by atoms with van der Waals surface area (Å²) in [4.78, 5) is 48.8. The van der Waals surface area contributed by atoms with E-state index in [0.717, 1.165) is 37.7 Å². The van der Waals surface area contributed by atoms with Crippen LogP contribution in [-0.4, -0.2) is 93.6 Å². The first-order chi connectivity index (χ1) is 20.3. The van der Waals surface area contributed by atoms with E-state index in [2.05, 4.69) is 13.2 Å². The molecule has 1 aromatic carbocycles. The Morgan fingerprint density at radius 2 is 1.79 bits per heavy atom. The number of carbonyl (C=O) groups is 3. The van der Waals surface area contributed by atoms with Crippen LogP contribution in [0.2, 0.25) is 0 Å². The molecule has 3 heterocycles. The zero-order valence-electron chi connectivity index (χ0n) is 25.2. The molecule has 1 aliphatic carbocycles. The molecule has 2 unspecified atom stereocenters. The number of aliphatic hydroxyl groups excluding tert-OH is 1. The van der Waals surface area contributed by atoms with E-state index in [1.165, 1.54) is 0 Å². The molecule has 1 aromatic rings. The van der Waals surface area contributed by atoms with Crippen LogP contribution in [0, 0.1) is 11.8 Å². The molecule has 228 valence electrons. The quantitative estimate of drug-likeness (QED) is 0.383. The van der Waals surface area contributed by atoms with Crippen molar-refractivity contribution in [2.75, 3.05) is 26.7 Å². The Morgan fingerprint density at radius 1 is 1.10 bits per heavy atom. The monoisotopic (exact) mass is 577 g/mol. The van der Waals surface area contributed by atoms with Crippen molar-refractivity contribution < 1.29 is 24.2 Å². The van der Waals surface area contributed by atoms with E-state index in [-0.39, 0.29) is 30.4 Å². The maximum absolute atomic E-state index is 14.9. The first kappa shape index (κ1) is 30.5. The molecule has 2 bridgehead atoms. The Morgan fingerprint density at radius 3 is 2.40 bits per heavy atom. The third-order valence-electron chi connectivity index (χ3n) is 10.4. The van der Waals surface area contributed by atoms with Gasteiger partial charge in [0.05, 0.1) is 30.1 Å². The van der Waals surface area contributed by atoms with E-state index in [4.69, 9.17) is 4.74 Å². The van der Waals surface area contributed by atoms with Crippen molar-refractivity contribution in [3.63, 3.8) is 0 Å². The van der Waals surface area contributed by atoms with Crippen LogP contribution in [0.3, 0.4) is 0 Å². The Labute approximate surface area is 250 Å². The number of ether oxygens (including phenoxy) is 1. The SMILES string of the molecule is C=CCN(C)C(=O)[C@H]1[C@H]2C(=O)N([C@@H](CO)Cc3ccccc3)C(C(=O)N(CC=C)C3CCCCC3)C23CC[C@]1(CC)O3. The van der Waals surface area contributed by atoms with E-state index in [1.807, 2.05) is 42.2 Å². The van der Waals surface area contributed by atoms with Gasteiger partial charge in [0.1, 0.15) is 11.6 Å². The van der Waals surface area contributed by atoms with Gasteiger partial charge >= 0.3 is 0 Å². The molecule has 1 N–H and O–H groups in total. The first-order valence-corrected chi connectivity index (χ1v) is 15.7. The third kappa shape index (κ3) is 4.90. The smallest absolute Gasteiger partial charge is 0.248 e. The summed E-state index contributed by atoms with van der Waals surface area (Å²) in [6.07, 6.45) is 10.6. The van der Waals surface area contributed by atoms with Crippen molar-refractivity contribution in [2.45, 2.75) is 94.0 Å². The summed E-state index contributed by atoms with van der Waals surface area (Å²) in [6.45, 7) is 10.2. The highest BCUT2D eigenvalue weighted by molar-refractivity contribution is 5.99. The molecule has 42 heavy (non-hydrogen) atoms. The third-order valence-corrected chi connectivity index (χ3v) is 10.4. The molecule has 0 aromatic heterocycles. The highest BCUT2D eigenvalue weighted by atomic mass is 16.5. The zero-order chi connectivity index (χ0) is 30.1. The van der Waals surface area contributed by atoms with Gasteiger partial charge in [-0.15, -0.1) is 13.2 Å². The van der Waals surface area contributed by atoms with Crippen LogP contribution < -0.4 is 0 Å². The molecule has 0 radical (unpaired) electrons. The number of hydrogen-bond acceptors (Lipinski definition) is 5. The molecule has 5 rings (SSSR count). The van der Waals surface area contributed by atoms with Gasteiger partial charge in [-0.1, -0.05) is 68.7 Å². The lowest BCUT2D eigenvalue weighted by atomic mass is 9.64. The van der Waals surface area contributed by atoms with Crippen molar-refractivity contribution in [3.05, 3.63) is 61.2 Å². The van der Waals surface area contributed by atoms with Gasteiger partial charge in [0, 0.05) is 26.2 Å². The number of carbonyl (C=O) groups excluding carboxylic acids is 3. The van der Waals surface area contributed by atoms with Gasteiger partial charge in [0.2, 0.25) is 17.7 Å². The number of nitrogens with zero attached hydrogens (tertiary/aromatic N) is 3. The van der Waals surface area contributed by atoms with Crippen LogP contribution in [0.15, 0.2) is 55.6 Å². The molecule has 3 amide bonds. The average molecular weight is 578 g/mol. The van der Waals surface area contributed by atoms with Crippen LogP contribution in [0.1, 0.15) is 63.9 Å². The summed E-state index contributed by atoms with van der Waals surface area (Å²) in [5.74, 6) is -2.05. The van der Waals surface area contributed by atoms with E-state index in [9.17, 15) is 19.5 Å². The second-order valence-electron chi connectivity index (χ2n) is 12.7. The van der Waals surface area contributed by atoms with E-state index >= 15 is 0 Å². The molecule has 6 atom stereocenters. The molecule has 3 aliphatic heterocycles. The minimum atomic E-state index is -1.13. The lowest BCUT2D eigenvalue weighted by molar-refractivity contribution is -0.159. The van der Waals surface area contributed by atoms with Gasteiger partial charge in [0.25, 0.3) is 0 Å². The Balaban J connectivity index is 1.61. The summed E-state index contributed by atoms with van der Waals surface area (Å²) >= 11 is 0. The van der Waals surface area contributed by atoms with Gasteiger partial charge < -0.3 is 24.5 Å². The zero-order valence-corrected chi connectivity index (χ0v) is 25.2. The Bertz CT molecular complexity index is 1180. The second kappa shape index (κ2) is 12.3. The normalized spacial score (nSPS) is 31.1. The molecule has 4 fully saturated rings. The van der Waals surface area contributed by atoms with Crippen molar-refractivity contribution in [1.29, 1.82) is 0 Å². The van der Waals surface area contributed by atoms with Crippen LogP contribution in [-0.2, 0) is 25.5 Å². The molecule has 1 spiro atoms. The van der Waals surface area contributed by atoms with Crippen molar-refractivity contribution >= 4 is 17.7 Å².